The molecule has 0 spiro atoms. The Labute approximate surface area is 157 Å². The number of piperazine rings is 1. The number of rotatable bonds is 5. The molecule has 0 radical (unpaired) electrons. The molecule has 7 nitrogen and oxygen atoms in total. The molecule has 4 rings (SSSR count). The SMILES string of the molecule is O=C1CN(c2nnc(CSc3ccncc3)o2)CCN1C1CCCCC1. The first-order chi connectivity index (χ1) is 12.8. The predicted octanol–water partition coefficient (Wildman–Crippen LogP) is 2.74. The van der Waals surface area contributed by atoms with Crippen LogP contribution in [0, 0.1) is 0 Å². The minimum absolute atomic E-state index is 0.175. The van der Waals surface area contributed by atoms with E-state index in [2.05, 4.69) is 20.1 Å². The molecular formula is C18H23N5O2S. The summed E-state index contributed by atoms with van der Waals surface area (Å²) in [7, 11) is 0. The third kappa shape index (κ3) is 4.00. The highest BCUT2D eigenvalue weighted by Gasteiger charge is 2.32. The lowest BCUT2D eigenvalue weighted by atomic mass is 9.93. The average molecular weight is 373 g/mol. The van der Waals surface area contributed by atoms with Gasteiger partial charge in [0.15, 0.2) is 0 Å². The zero-order valence-electron chi connectivity index (χ0n) is 14.7. The zero-order valence-corrected chi connectivity index (χ0v) is 15.5. The monoisotopic (exact) mass is 373 g/mol. The van der Waals surface area contributed by atoms with Crippen LogP contribution in [0.5, 0.6) is 0 Å². The molecule has 1 saturated heterocycles. The van der Waals surface area contributed by atoms with Crippen LogP contribution in [-0.2, 0) is 10.5 Å². The maximum atomic E-state index is 12.6. The van der Waals surface area contributed by atoms with Crippen LogP contribution >= 0.6 is 11.8 Å². The van der Waals surface area contributed by atoms with Crippen molar-refractivity contribution >= 4 is 23.7 Å². The summed E-state index contributed by atoms with van der Waals surface area (Å²) in [6, 6.07) is 4.77. The Kier molecular flexibility index (Phi) is 5.38. The Bertz CT molecular complexity index is 732. The number of pyridine rings is 1. The standard InChI is InChI=1S/C18H23N5O2S/c24-17-12-22(10-11-23(17)14-4-2-1-3-5-14)18-21-20-16(25-18)13-26-15-6-8-19-9-7-15/h6-9,14H,1-5,10-13H2. The lowest BCUT2D eigenvalue weighted by molar-refractivity contribution is -0.134. The molecule has 0 atom stereocenters. The molecule has 26 heavy (non-hydrogen) atoms. The van der Waals surface area contributed by atoms with Crippen LogP contribution in [0.4, 0.5) is 6.01 Å². The topological polar surface area (TPSA) is 75.4 Å². The second-order valence-electron chi connectivity index (χ2n) is 6.75. The van der Waals surface area contributed by atoms with E-state index in [4.69, 9.17) is 4.42 Å². The zero-order chi connectivity index (χ0) is 17.8. The Hall–Kier alpha value is -2.09. The van der Waals surface area contributed by atoms with Crippen molar-refractivity contribution in [3.63, 3.8) is 0 Å². The van der Waals surface area contributed by atoms with Crippen molar-refractivity contribution in [2.24, 2.45) is 0 Å². The van der Waals surface area contributed by atoms with Gasteiger partial charge in [-0.2, -0.15) is 0 Å². The summed E-state index contributed by atoms with van der Waals surface area (Å²) in [5.74, 6) is 1.35. The highest BCUT2D eigenvalue weighted by molar-refractivity contribution is 7.98. The largest absolute Gasteiger partial charge is 0.407 e. The van der Waals surface area contributed by atoms with Gasteiger partial charge in [0.05, 0.1) is 5.75 Å². The van der Waals surface area contributed by atoms with E-state index in [0.717, 1.165) is 30.8 Å². The van der Waals surface area contributed by atoms with E-state index in [1.807, 2.05) is 17.0 Å². The lowest BCUT2D eigenvalue weighted by Crippen LogP contribution is -2.54. The third-order valence-electron chi connectivity index (χ3n) is 5.01. The number of carbonyl (C=O) groups is 1. The van der Waals surface area contributed by atoms with Gasteiger partial charge in [-0.3, -0.25) is 9.78 Å². The summed E-state index contributed by atoms with van der Waals surface area (Å²) in [5, 5.41) is 8.26. The molecule has 0 aromatic carbocycles. The van der Waals surface area contributed by atoms with Crippen molar-refractivity contribution in [3.8, 4) is 0 Å². The predicted molar refractivity (Wildman–Crippen MR) is 98.9 cm³/mol. The molecule has 2 aromatic heterocycles. The van der Waals surface area contributed by atoms with Crippen LogP contribution < -0.4 is 4.90 Å². The van der Waals surface area contributed by atoms with Gasteiger partial charge in [0.2, 0.25) is 11.8 Å². The van der Waals surface area contributed by atoms with Gasteiger partial charge < -0.3 is 14.2 Å². The number of aromatic nitrogens is 3. The van der Waals surface area contributed by atoms with Gasteiger partial charge in [0.1, 0.15) is 6.54 Å². The molecule has 0 unspecified atom stereocenters. The molecule has 2 aromatic rings. The number of nitrogens with zero attached hydrogens (tertiary/aromatic N) is 5. The van der Waals surface area contributed by atoms with Crippen LogP contribution in [0.2, 0.25) is 0 Å². The summed E-state index contributed by atoms with van der Waals surface area (Å²) in [5.41, 5.74) is 0. The van der Waals surface area contributed by atoms with Gasteiger partial charge in [-0.25, -0.2) is 0 Å². The molecule has 1 aliphatic carbocycles. The number of anilines is 1. The number of hydrogen-bond donors (Lipinski definition) is 0. The molecular weight excluding hydrogens is 350 g/mol. The lowest BCUT2D eigenvalue weighted by Gasteiger charge is -2.39. The maximum Gasteiger partial charge on any atom is 0.318 e. The molecule has 8 heteroatoms. The molecule has 0 bridgehead atoms. The third-order valence-corrected chi connectivity index (χ3v) is 6.01. The van der Waals surface area contributed by atoms with Crippen LogP contribution in [-0.4, -0.2) is 51.7 Å². The molecule has 1 amide bonds. The van der Waals surface area contributed by atoms with E-state index >= 15 is 0 Å². The van der Waals surface area contributed by atoms with Gasteiger partial charge in [-0.05, 0) is 25.0 Å². The number of carbonyl (C=O) groups excluding carboxylic acids is 1. The second-order valence-corrected chi connectivity index (χ2v) is 7.80. The van der Waals surface area contributed by atoms with E-state index in [0.29, 0.717) is 30.2 Å². The molecule has 3 heterocycles. The van der Waals surface area contributed by atoms with E-state index < -0.39 is 0 Å². The number of hydrogen-bond acceptors (Lipinski definition) is 7. The average Bonchev–Trinajstić information content (AvgIpc) is 3.17. The molecule has 1 saturated carbocycles. The maximum absolute atomic E-state index is 12.6. The van der Waals surface area contributed by atoms with E-state index in [1.165, 1.54) is 19.3 Å². The highest BCUT2D eigenvalue weighted by atomic mass is 32.2. The Morgan fingerprint density at radius 2 is 1.92 bits per heavy atom. The van der Waals surface area contributed by atoms with Gasteiger partial charge in [-0.1, -0.05) is 24.4 Å². The number of thioether (sulfide) groups is 1. The summed E-state index contributed by atoms with van der Waals surface area (Å²) >= 11 is 1.62. The fourth-order valence-corrected chi connectivity index (χ4v) is 4.36. The van der Waals surface area contributed by atoms with Crippen molar-refractivity contribution < 1.29 is 9.21 Å². The van der Waals surface area contributed by atoms with Crippen LogP contribution in [0.25, 0.3) is 0 Å². The van der Waals surface area contributed by atoms with Crippen molar-refractivity contribution in [1.82, 2.24) is 20.1 Å². The number of amides is 1. The van der Waals surface area contributed by atoms with Crippen molar-refractivity contribution in [2.45, 2.75) is 48.8 Å². The van der Waals surface area contributed by atoms with Crippen LogP contribution in [0.3, 0.4) is 0 Å². The Morgan fingerprint density at radius 3 is 2.69 bits per heavy atom. The van der Waals surface area contributed by atoms with Crippen molar-refractivity contribution in [3.05, 3.63) is 30.4 Å². The molecule has 0 N–H and O–H groups in total. The fraction of sp³-hybridized carbons (Fsp3) is 0.556. The smallest absolute Gasteiger partial charge is 0.318 e. The molecule has 2 fully saturated rings. The van der Waals surface area contributed by atoms with E-state index in [-0.39, 0.29) is 5.91 Å². The first-order valence-corrected chi connectivity index (χ1v) is 10.2. The van der Waals surface area contributed by atoms with E-state index in [9.17, 15) is 4.79 Å². The minimum Gasteiger partial charge on any atom is -0.407 e. The van der Waals surface area contributed by atoms with Gasteiger partial charge in [0, 0.05) is 36.4 Å². The quantitative estimate of drug-likeness (QED) is 0.746. The normalized spacial score (nSPS) is 19.2. The summed E-state index contributed by atoms with van der Waals surface area (Å²) < 4.78 is 5.77. The first-order valence-electron chi connectivity index (χ1n) is 9.19. The minimum atomic E-state index is 0.175. The Morgan fingerprint density at radius 1 is 1.12 bits per heavy atom. The first kappa shape index (κ1) is 17.3. The van der Waals surface area contributed by atoms with E-state index in [1.54, 1.807) is 24.2 Å². The summed E-state index contributed by atoms with van der Waals surface area (Å²) in [4.78, 5) is 21.7. The van der Waals surface area contributed by atoms with Gasteiger partial charge in [0.25, 0.3) is 0 Å². The van der Waals surface area contributed by atoms with Crippen molar-refractivity contribution in [2.75, 3.05) is 24.5 Å². The Balaban J connectivity index is 1.32. The van der Waals surface area contributed by atoms with Crippen LogP contribution in [0.15, 0.2) is 33.8 Å². The molecule has 2 aliphatic rings. The summed E-state index contributed by atoms with van der Waals surface area (Å²) in [6.07, 6.45) is 9.58. The second kappa shape index (κ2) is 8.07. The molecule has 138 valence electrons. The van der Waals surface area contributed by atoms with Gasteiger partial charge >= 0.3 is 6.01 Å². The van der Waals surface area contributed by atoms with Crippen LogP contribution in [0.1, 0.15) is 38.0 Å². The van der Waals surface area contributed by atoms with Crippen molar-refractivity contribution in [1.29, 1.82) is 0 Å². The summed E-state index contributed by atoms with van der Waals surface area (Å²) in [6.45, 7) is 1.82. The molecule has 1 aliphatic heterocycles. The van der Waals surface area contributed by atoms with Gasteiger partial charge in [-0.15, -0.1) is 16.9 Å². The fourth-order valence-electron chi connectivity index (χ4n) is 3.64. The highest BCUT2D eigenvalue weighted by Crippen LogP contribution is 2.26.